The van der Waals surface area contributed by atoms with Gasteiger partial charge in [-0.3, -0.25) is 4.79 Å². The van der Waals surface area contributed by atoms with Crippen LogP contribution >= 0.6 is 23.4 Å². The normalized spacial score (nSPS) is 18.1. The van der Waals surface area contributed by atoms with Crippen LogP contribution in [-0.2, 0) is 15.3 Å². The molecule has 2 heterocycles. The van der Waals surface area contributed by atoms with Gasteiger partial charge in [-0.15, -0.1) is 11.8 Å². The molecule has 1 amide bonds. The summed E-state index contributed by atoms with van der Waals surface area (Å²) >= 11 is 7.27. The molecule has 0 bridgehead atoms. The number of hydrogen-bond acceptors (Lipinski definition) is 5. The van der Waals surface area contributed by atoms with Gasteiger partial charge in [0.05, 0.1) is 17.2 Å². The van der Waals surface area contributed by atoms with E-state index in [1.807, 2.05) is 12.1 Å². The van der Waals surface area contributed by atoms with Gasteiger partial charge in [0, 0.05) is 17.1 Å². The molecule has 0 radical (unpaired) electrons. The van der Waals surface area contributed by atoms with Gasteiger partial charge in [0.2, 0.25) is 11.8 Å². The minimum absolute atomic E-state index is 0.149. The van der Waals surface area contributed by atoms with Crippen LogP contribution in [0.25, 0.3) is 11.3 Å². The van der Waals surface area contributed by atoms with E-state index in [1.165, 1.54) is 16.7 Å². The summed E-state index contributed by atoms with van der Waals surface area (Å²) in [5.74, 6) is 0.516. The minimum atomic E-state index is -0.937. The lowest BCUT2D eigenvalue weighted by atomic mass is 10.2. The van der Waals surface area contributed by atoms with E-state index >= 15 is 0 Å². The second kappa shape index (κ2) is 8.14. The zero-order chi connectivity index (χ0) is 18.7. The highest BCUT2D eigenvalue weighted by Gasteiger charge is 2.35. The van der Waals surface area contributed by atoms with Crippen molar-refractivity contribution in [1.82, 2.24) is 9.88 Å². The fraction of sp³-hybridized carbons (Fsp3) is 0.389. The quantitative estimate of drug-likeness (QED) is 0.804. The molecule has 1 aromatic heterocycles. The Labute approximate surface area is 160 Å². The van der Waals surface area contributed by atoms with E-state index in [-0.39, 0.29) is 11.2 Å². The second-order valence-electron chi connectivity index (χ2n) is 6.11. The van der Waals surface area contributed by atoms with Crippen LogP contribution in [0.2, 0.25) is 5.02 Å². The van der Waals surface area contributed by atoms with Gasteiger partial charge in [-0.25, -0.2) is 9.78 Å². The second-order valence-corrected chi connectivity index (χ2v) is 7.87. The molecule has 1 N–H and O–H groups in total. The van der Waals surface area contributed by atoms with Crippen molar-refractivity contribution in [2.45, 2.75) is 36.8 Å². The maximum absolute atomic E-state index is 12.5. The zero-order valence-corrected chi connectivity index (χ0v) is 15.8. The van der Waals surface area contributed by atoms with Gasteiger partial charge >= 0.3 is 5.97 Å². The van der Waals surface area contributed by atoms with Crippen LogP contribution in [0.15, 0.2) is 34.9 Å². The molecule has 138 valence electrons. The number of amides is 1. The van der Waals surface area contributed by atoms with Crippen molar-refractivity contribution in [3.8, 4) is 11.3 Å². The number of aliphatic carboxylic acids is 1. The van der Waals surface area contributed by atoms with E-state index in [4.69, 9.17) is 16.0 Å². The first-order valence-electron chi connectivity index (χ1n) is 8.31. The number of nitrogens with zero attached hydrogens (tertiary/aromatic N) is 2. The van der Waals surface area contributed by atoms with Gasteiger partial charge in [-0.05, 0) is 44.0 Å². The minimum Gasteiger partial charge on any atom is -0.480 e. The summed E-state index contributed by atoms with van der Waals surface area (Å²) in [6.07, 6.45) is 2.89. The fourth-order valence-electron chi connectivity index (χ4n) is 2.91. The Balaban J connectivity index is 1.58. The molecular formula is C18H19ClN2O4S. The number of benzene rings is 1. The van der Waals surface area contributed by atoms with Gasteiger partial charge in [-0.1, -0.05) is 11.6 Å². The molecule has 2 unspecified atom stereocenters. The third-order valence-corrected chi connectivity index (χ3v) is 5.68. The molecule has 8 heteroatoms. The molecule has 0 aliphatic carbocycles. The molecule has 0 spiro atoms. The van der Waals surface area contributed by atoms with Gasteiger partial charge in [-0.2, -0.15) is 0 Å². The molecule has 3 rings (SSSR count). The standard InChI is InChI=1S/C18H19ClN2O4S/c1-11(17(22)21-8-2-3-14(21)18(23)24)26-10-16-20-9-15(25-16)12-4-6-13(19)7-5-12/h4-7,9,11,14H,2-3,8,10H2,1H3,(H,23,24). The lowest BCUT2D eigenvalue weighted by Gasteiger charge is -2.24. The Bertz CT molecular complexity index is 793. The third kappa shape index (κ3) is 4.22. The van der Waals surface area contributed by atoms with E-state index in [9.17, 15) is 14.7 Å². The van der Waals surface area contributed by atoms with Crippen molar-refractivity contribution >= 4 is 35.2 Å². The first-order chi connectivity index (χ1) is 12.5. The first-order valence-corrected chi connectivity index (χ1v) is 9.74. The molecule has 1 fully saturated rings. The maximum Gasteiger partial charge on any atom is 0.326 e. The van der Waals surface area contributed by atoms with E-state index in [0.717, 1.165) is 12.0 Å². The SMILES string of the molecule is CC(SCc1ncc(-c2ccc(Cl)cc2)o1)C(=O)N1CCCC1C(=O)O. The summed E-state index contributed by atoms with van der Waals surface area (Å²) < 4.78 is 5.73. The Hall–Kier alpha value is -1.99. The summed E-state index contributed by atoms with van der Waals surface area (Å²) in [5.41, 5.74) is 0.878. The number of likely N-dealkylation sites (tertiary alicyclic amines) is 1. The smallest absolute Gasteiger partial charge is 0.326 e. The zero-order valence-electron chi connectivity index (χ0n) is 14.2. The lowest BCUT2D eigenvalue weighted by Crippen LogP contribution is -2.43. The van der Waals surface area contributed by atoms with Crippen molar-refractivity contribution < 1.29 is 19.1 Å². The number of hydrogen-bond donors (Lipinski definition) is 1. The summed E-state index contributed by atoms with van der Waals surface area (Å²) in [5, 5.41) is 9.51. The summed E-state index contributed by atoms with van der Waals surface area (Å²) in [6.45, 7) is 2.29. The number of carbonyl (C=O) groups excluding carboxylic acids is 1. The largest absolute Gasteiger partial charge is 0.480 e. The Morgan fingerprint density at radius 2 is 2.15 bits per heavy atom. The molecule has 1 saturated heterocycles. The number of thioether (sulfide) groups is 1. The lowest BCUT2D eigenvalue weighted by molar-refractivity contribution is -0.147. The molecule has 1 aliphatic rings. The summed E-state index contributed by atoms with van der Waals surface area (Å²) in [7, 11) is 0. The fourth-order valence-corrected chi connectivity index (χ4v) is 3.84. The Morgan fingerprint density at radius 3 is 2.85 bits per heavy atom. The van der Waals surface area contributed by atoms with Crippen molar-refractivity contribution in [2.24, 2.45) is 0 Å². The highest BCUT2D eigenvalue weighted by molar-refractivity contribution is 7.99. The van der Waals surface area contributed by atoms with Crippen LogP contribution in [0.4, 0.5) is 0 Å². The highest BCUT2D eigenvalue weighted by Crippen LogP contribution is 2.27. The number of aromatic nitrogens is 1. The predicted molar refractivity (Wildman–Crippen MR) is 100 cm³/mol. The number of oxazole rings is 1. The number of halogens is 1. The van der Waals surface area contributed by atoms with E-state index in [1.54, 1.807) is 25.3 Å². The van der Waals surface area contributed by atoms with Gasteiger partial charge < -0.3 is 14.4 Å². The molecular weight excluding hydrogens is 376 g/mol. The van der Waals surface area contributed by atoms with E-state index < -0.39 is 12.0 Å². The predicted octanol–water partition coefficient (Wildman–Crippen LogP) is 3.69. The molecule has 6 nitrogen and oxygen atoms in total. The molecule has 1 aliphatic heterocycles. The number of rotatable bonds is 6. The number of carboxylic acid groups (broad SMARTS) is 1. The first kappa shape index (κ1) is 18.8. The average molecular weight is 395 g/mol. The van der Waals surface area contributed by atoms with Gasteiger partial charge in [0.25, 0.3) is 0 Å². The maximum atomic E-state index is 12.5. The summed E-state index contributed by atoms with van der Waals surface area (Å²) in [6, 6.07) is 6.56. The van der Waals surface area contributed by atoms with Crippen LogP contribution in [0.3, 0.4) is 0 Å². The van der Waals surface area contributed by atoms with Gasteiger partial charge in [0.1, 0.15) is 6.04 Å². The Morgan fingerprint density at radius 1 is 1.42 bits per heavy atom. The van der Waals surface area contributed by atoms with E-state index in [0.29, 0.717) is 35.4 Å². The average Bonchev–Trinajstić information content (AvgIpc) is 3.29. The number of carboxylic acids is 1. The van der Waals surface area contributed by atoms with Crippen LogP contribution in [0.5, 0.6) is 0 Å². The molecule has 2 aromatic rings. The number of carbonyl (C=O) groups is 2. The van der Waals surface area contributed by atoms with Crippen molar-refractivity contribution in [2.75, 3.05) is 6.54 Å². The van der Waals surface area contributed by atoms with Crippen molar-refractivity contribution in [3.05, 3.63) is 41.4 Å². The molecule has 26 heavy (non-hydrogen) atoms. The topological polar surface area (TPSA) is 83.6 Å². The van der Waals surface area contributed by atoms with Crippen molar-refractivity contribution in [1.29, 1.82) is 0 Å². The molecule has 2 atom stereocenters. The van der Waals surface area contributed by atoms with Gasteiger partial charge in [0.15, 0.2) is 5.76 Å². The summed E-state index contributed by atoms with van der Waals surface area (Å²) in [4.78, 5) is 29.5. The molecule has 0 saturated carbocycles. The molecule has 1 aromatic carbocycles. The van der Waals surface area contributed by atoms with E-state index in [2.05, 4.69) is 4.98 Å². The van der Waals surface area contributed by atoms with Crippen LogP contribution in [-0.4, -0.2) is 44.7 Å². The van der Waals surface area contributed by atoms with Crippen LogP contribution < -0.4 is 0 Å². The van der Waals surface area contributed by atoms with Crippen LogP contribution in [0.1, 0.15) is 25.7 Å². The van der Waals surface area contributed by atoms with Crippen molar-refractivity contribution in [3.63, 3.8) is 0 Å². The third-order valence-electron chi connectivity index (χ3n) is 4.31. The van der Waals surface area contributed by atoms with Crippen LogP contribution in [0, 0.1) is 0 Å². The highest BCUT2D eigenvalue weighted by atomic mass is 35.5. The monoisotopic (exact) mass is 394 g/mol. The Kier molecular flexibility index (Phi) is 5.88.